The van der Waals surface area contributed by atoms with Crippen LogP contribution in [-0.4, -0.2) is 41.2 Å². The van der Waals surface area contributed by atoms with E-state index in [9.17, 15) is 14.7 Å². The number of ether oxygens (including phenoxy) is 2. The van der Waals surface area contributed by atoms with E-state index in [0.29, 0.717) is 0 Å². The lowest BCUT2D eigenvalue weighted by Crippen LogP contribution is -2.40. The highest BCUT2D eigenvalue weighted by Gasteiger charge is 2.42. The van der Waals surface area contributed by atoms with Crippen LogP contribution < -0.4 is 0 Å². The first-order chi connectivity index (χ1) is 10.1. The molecule has 7 nitrogen and oxygen atoms in total. The van der Waals surface area contributed by atoms with E-state index in [4.69, 9.17) is 14.3 Å². The van der Waals surface area contributed by atoms with Crippen molar-refractivity contribution in [2.75, 3.05) is 6.61 Å². The summed E-state index contributed by atoms with van der Waals surface area (Å²) in [5, 5.41) is 10.2. The van der Waals surface area contributed by atoms with Gasteiger partial charge in [0.1, 0.15) is 6.61 Å². The Hall–Kier alpha value is -2.12. The molecule has 1 fully saturated rings. The molecule has 0 spiro atoms. The van der Waals surface area contributed by atoms with Gasteiger partial charge in [0, 0.05) is 6.42 Å². The number of amides is 1. The van der Waals surface area contributed by atoms with Gasteiger partial charge in [-0.2, -0.15) is 5.06 Å². The number of aliphatic hydroxyl groups excluding tert-OH is 1. The molecule has 1 amide bonds. The van der Waals surface area contributed by atoms with Gasteiger partial charge in [-0.1, -0.05) is 30.3 Å². The first-order valence-electron chi connectivity index (χ1n) is 6.63. The lowest BCUT2D eigenvalue weighted by molar-refractivity contribution is -0.206. The van der Waals surface area contributed by atoms with Crippen LogP contribution >= 0.6 is 0 Å². The Labute approximate surface area is 122 Å². The molecule has 2 atom stereocenters. The lowest BCUT2D eigenvalue weighted by Gasteiger charge is -2.20. The second-order valence-electron chi connectivity index (χ2n) is 4.43. The Morgan fingerprint density at radius 2 is 2.05 bits per heavy atom. The van der Waals surface area contributed by atoms with Crippen LogP contribution in [0.3, 0.4) is 0 Å². The molecule has 0 aromatic heterocycles. The van der Waals surface area contributed by atoms with Gasteiger partial charge in [0.2, 0.25) is 0 Å². The van der Waals surface area contributed by atoms with Crippen LogP contribution in [0.1, 0.15) is 18.9 Å². The second kappa shape index (κ2) is 7.05. The number of hydrogen-bond donors (Lipinski definition) is 1. The summed E-state index contributed by atoms with van der Waals surface area (Å²) in [5.74, 6) is -0.634. The largest absolute Gasteiger partial charge is 0.464 e. The minimum atomic E-state index is -1.23. The molecule has 2 rings (SSSR count). The molecular formula is C14H17NO6. The third-order valence-electron chi connectivity index (χ3n) is 2.89. The smallest absolute Gasteiger partial charge is 0.435 e. The number of aliphatic hydroxyl groups is 1. The van der Waals surface area contributed by atoms with Gasteiger partial charge in [0.25, 0.3) is 0 Å². The number of rotatable bonds is 4. The van der Waals surface area contributed by atoms with E-state index in [-0.39, 0.29) is 19.6 Å². The standard InChI is InChI=1S/C14H17NO6/c1-2-19-13(17)11-8-12(16)21-15(11)14(18)20-9-10-6-4-3-5-7-10/h3-7,11-12,16H,2,8-9H2,1H3/t11-,12-/m0/s1. The zero-order valence-electron chi connectivity index (χ0n) is 11.6. The van der Waals surface area contributed by atoms with Crippen molar-refractivity contribution in [1.82, 2.24) is 5.06 Å². The molecule has 114 valence electrons. The minimum absolute atomic E-state index is 0.0424. The first kappa shape index (κ1) is 15.3. The number of carbonyl (C=O) groups is 2. The van der Waals surface area contributed by atoms with E-state index in [2.05, 4.69) is 0 Å². The van der Waals surface area contributed by atoms with Gasteiger partial charge in [-0.25, -0.2) is 14.4 Å². The van der Waals surface area contributed by atoms with Gasteiger partial charge in [-0.3, -0.25) is 0 Å². The number of hydroxylamine groups is 2. The van der Waals surface area contributed by atoms with Crippen LogP contribution in [0.15, 0.2) is 30.3 Å². The van der Waals surface area contributed by atoms with Crippen molar-refractivity contribution >= 4 is 12.1 Å². The number of esters is 1. The van der Waals surface area contributed by atoms with E-state index in [1.807, 2.05) is 18.2 Å². The van der Waals surface area contributed by atoms with E-state index < -0.39 is 24.4 Å². The summed E-state index contributed by atoms with van der Waals surface area (Å²) in [6.07, 6.45) is -2.11. The topological polar surface area (TPSA) is 85.3 Å². The Kier molecular flexibility index (Phi) is 5.13. The molecule has 1 saturated heterocycles. The molecule has 0 bridgehead atoms. The van der Waals surface area contributed by atoms with Crippen LogP contribution in [0.4, 0.5) is 4.79 Å². The van der Waals surface area contributed by atoms with E-state index in [1.54, 1.807) is 19.1 Å². The molecule has 0 aliphatic carbocycles. The molecule has 21 heavy (non-hydrogen) atoms. The normalized spacial score (nSPS) is 21.1. The lowest BCUT2D eigenvalue weighted by atomic mass is 10.2. The average Bonchev–Trinajstić information content (AvgIpc) is 2.88. The predicted molar refractivity (Wildman–Crippen MR) is 70.6 cm³/mol. The first-order valence-corrected chi connectivity index (χ1v) is 6.63. The summed E-state index contributed by atoms with van der Waals surface area (Å²) >= 11 is 0. The van der Waals surface area contributed by atoms with Crippen molar-refractivity contribution in [3.05, 3.63) is 35.9 Å². The quantitative estimate of drug-likeness (QED) is 0.840. The minimum Gasteiger partial charge on any atom is -0.464 e. The Balaban J connectivity index is 1.94. The molecule has 7 heteroatoms. The fourth-order valence-corrected chi connectivity index (χ4v) is 1.92. The Bertz CT molecular complexity index is 491. The van der Waals surface area contributed by atoms with Gasteiger partial charge < -0.3 is 14.6 Å². The number of nitrogens with zero attached hydrogens (tertiary/aromatic N) is 1. The van der Waals surface area contributed by atoms with Crippen LogP contribution in [0.2, 0.25) is 0 Å². The highest BCUT2D eigenvalue weighted by molar-refractivity contribution is 5.81. The van der Waals surface area contributed by atoms with Crippen molar-refractivity contribution in [2.24, 2.45) is 0 Å². The molecule has 1 aliphatic heterocycles. The molecule has 0 unspecified atom stereocenters. The summed E-state index contributed by atoms with van der Waals surface area (Å²) in [5.41, 5.74) is 0.804. The maximum absolute atomic E-state index is 11.9. The molecule has 1 aromatic rings. The monoisotopic (exact) mass is 295 g/mol. The molecule has 0 saturated carbocycles. The van der Waals surface area contributed by atoms with Crippen LogP contribution in [0.5, 0.6) is 0 Å². The molecule has 1 aromatic carbocycles. The van der Waals surface area contributed by atoms with Crippen molar-refractivity contribution in [2.45, 2.75) is 32.3 Å². The number of benzene rings is 1. The fourth-order valence-electron chi connectivity index (χ4n) is 1.92. The average molecular weight is 295 g/mol. The number of hydrogen-bond acceptors (Lipinski definition) is 6. The highest BCUT2D eigenvalue weighted by Crippen LogP contribution is 2.22. The molecule has 1 heterocycles. The highest BCUT2D eigenvalue weighted by atomic mass is 16.8. The summed E-state index contributed by atoms with van der Waals surface area (Å²) in [6, 6.07) is 8.10. The summed E-state index contributed by atoms with van der Waals surface area (Å²) in [4.78, 5) is 28.6. The third-order valence-corrected chi connectivity index (χ3v) is 2.89. The second-order valence-corrected chi connectivity index (χ2v) is 4.43. The SMILES string of the molecule is CCOC(=O)[C@@H]1C[C@@H](O)ON1C(=O)OCc1ccccc1. The fraction of sp³-hybridized carbons (Fsp3) is 0.429. The van der Waals surface area contributed by atoms with E-state index in [1.165, 1.54) is 0 Å². The van der Waals surface area contributed by atoms with E-state index >= 15 is 0 Å². The van der Waals surface area contributed by atoms with Crippen molar-refractivity contribution < 1.29 is 29.0 Å². The zero-order chi connectivity index (χ0) is 15.2. The third kappa shape index (κ3) is 3.93. The maximum atomic E-state index is 11.9. The van der Waals surface area contributed by atoms with Crippen LogP contribution in [-0.2, 0) is 25.7 Å². The Morgan fingerprint density at radius 3 is 2.71 bits per heavy atom. The number of carbonyl (C=O) groups excluding carboxylic acids is 2. The van der Waals surface area contributed by atoms with Gasteiger partial charge in [-0.05, 0) is 12.5 Å². The van der Waals surface area contributed by atoms with Crippen molar-refractivity contribution in [3.8, 4) is 0 Å². The molecule has 1 N–H and O–H groups in total. The van der Waals surface area contributed by atoms with Gasteiger partial charge in [-0.15, -0.1) is 0 Å². The summed E-state index contributed by atoms with van der Waals surface area (Å²) < 4.78 is 9.90. The molecule has 0 radical (unpaired) electrons. The molecular weight excluding hydrogens is 278 g/mol. The van der Waals surface area contributed by atoms with Crippen LogP contribution in [0, 0.1) is 0 Å². The predicted octanol–water partition coefficient (Wildman–Crippen LogP) is 1.21. The Morgan fingerprint density at radius 1 is 1.33 bits per heavy atom. The zero-order valence-corrected chi connectivity index (χ0v) is 11.6. The maximum Gasteiger partial charge on any atom is 0.435 e. The van der Waals surface area contributed by atoms with Crippen LogP contribution in [0.25, 0.3) is 0 Å². The van der Waals surface area contributed by atoms with Crippen molar-refractivity contribution in [3.63, 3.8) is 0 Å². The summed E-state index contributed by atoms with van der Waals surface area (Å²) in [7, 11) is 0. The van der Waals surface area contributed by atoms with Crippen molar-refractivity contribution in [1.29, 1.82) is 0 Å². The molecule has 1 aliphatic rings. The van der Waals surface area contributed by atoms with Gasteiger partial charge in [0.05, 0.1) is 6.61 Å². The van der Waals surface area contributed by atoms with Gasteiger partial charge in [0.15, 0.2) is 12.3 Å². The van der Waals surface area contributed by atoms with E-state index in [0.717, 1.165) is 10.6 Å². The summed E-state index contributed by atoms with van der Waals surface area (Å²) in [6.45, 7) is 1.88. The van der Waals surface area contributed by atoms with Gasteiger partial charge >= 0.3 is 12.1 Å².